The molecule has 0 saturated carbocycles. The van der Waals surface area contributed by atoms with Crippen LogP contribution in [0.2, 0.25) is 0 Å². The molecule has 0 aromatic carbocycles. The lowest BCUT2D eigenvalue weighted by Gasteiger charge is -2.20. The Balaban J connectivity index is 1.71. The number of nitrogens with one attached hydrogen (secondary N) is 2. The van der Waals surface area contributed by atoms with Gasteiger partial charge < -0.3 is 20.6 Å². The van der Waals surface area contributed by atoms with Gasteiger partial charge in [-0.15, -0.1) is 11.3 Å². The molecule has 3 N–H and O–H groups in total. The zero-order chi connectivity index (χ0) is 17.3. The Morgan fingerprint density at radius 3 is 2.79 bits per heavy atom. The fourth-order valence-corrected chi connectivity index (χ4v) is 3.69. The Bertz CT molecular complexity index is 481. The number of nitrogens with zero attached hydrogens (tertiary/aromatic N) is 2. The topological polar surface area (TPSA) is 59.9 Å². The Kier molecular flexibility index (Phi) is 8.02. The average molecular weight is 353 g/mol. The van der Waals surface area contributed by atoms with Gasteiger partial charge in [-0.25, -0.2) is 4.99 Å². The fraction of sp³-hybridized carbons (Fsp3) is 0.722. The first-order valence-corrected chi connectivity index (χ1v) is 10.0. The standard InChI is InChI=1S/C18H32N4OS/c1-3-19-17(20-10-4-5-11-22-12-6-7-13-22)21-15-18(2,23)16-9-8-14-24-16/h8-9,14,23H,3-7,10-13,15H2,1-2H3,(H2,19,20,21). The van der Waals surface area contributed by atoms with Gasteiger partial charge in [0, 0.05) is 18.0 Å². The summed E-state index contributed by atoms with van der Waals surface area (Å²) in [5.74, 6) is 0.788. The van der Waals surface area contributed by atoms with Crippen molar-refractivity contribution in [3.05, 3.63) is 22.4 Å². The maximum atomic E-state index is 10.6. The van der Waals surface area contributed by atoms with E-state index in [1.165, 1.54) is 38.9 Å². The number of unbranched alkanes of at least 4 members (excludes halogenated alkanes) is 1. The van der Waals surface area contributed by atoms with Gasteiger partial charge >= 0.3 is 0 Å². The van der Waals surface area contributed by atoms with Crippen molar-refractivity contribution < 1.29 is 5.11 Å². The SMILES string of the molecule is CCNC(=NCC(C)(O)c1cccs1)NCCCCN1CCCC1. The van der Waals surface area contributed by atoms with Crippen molar-refractivity contribution in [2.45, 2.75) is 45.1 Å². The van der Waals surface area contributed by atoms with Gasteiger partial charge in [0.25, 0.3) is 0 Å². The lowest BCUT2D eigenvalue weighted by molar-refractivity contribution is 0.0711. The molecule has 1 aliphatic rings. The molecule has 6 heteroatoms. The third-order valence-electron chi connectivity index (χ3n) is 4.33. The highest BCUT2D eigenvalue weighted by Crippen LogP contribution is 2.25. The molecule has 1 fully saturated rings. The molecule has 2 heterocycles. The first-order valence-electron chi connectivity index (χ1n) is 9.13. The van der Waals surface area contributed by atoms with Crippen LogP contribution >= 0.6 is 11.3 Å². The second-order valence-electron chi connectivity index (χ2n) is 6.63. The van der Waals surface area contributed by atoms with Crippen LogP contribution in [0.3, 0.4) is 0 Å². The van der Waals surface area contributed by atoms with E-state index in [4.69, 9.17) is 0 Å². The molecule has 1 atom stereocenters. The molecule has 0 aliphatic carbocycles. The third-order valence-corrected chi connectivity index (χ3v) is 5.46. The summed E-state index contributed by atoms with van der Waals surface area (Å²) in [7, 11) is 0. The largest absolute Gasteiger partial charge is 0.383 e. The van der Waals surface area contributed by atoms with Crippen LogP contribution in [0.1, 0.15) is 44.4 Å². The summed E-state index contributed by atoms with van der Waals surface area (Å²) < 4.78 is 0. The Morgan fingerprint density at radius 1 is 1.33 bits per heavy atom. The second kappa shape index (κ2) is 10.0. The quantitative estimate of drug-likeness (QED) is 0.363. The van der Waals surface area contributed by atoms with E-state index in [-0.39, 0.29) is 0 Å². The van der Waals surface area contributed by atoms with Gasteiger partial charge in [-0.2, -0.15) is 0 Å². The summed E-state index contributed by atoms with van der Waals surface area (Å²) in [4.78, 5) is 8.06. The average Bonchev–Trinajstić information content (AvgIpc) is 3.25. The maximum Gasteiger partial charge on any atom is 0.191 e. The summed E-state index contributed by atoms with van der Waals surface area (Å²) in [5, 5.41) is 19.2. The molecular formula is C18H32N4OS. The summed E-state index contributed by atoms with van der Waals surface area (Å²) in [5.41, 5.74) is -0.910. The zero-order valence-corrected chi connectivity index (χ0v) is 15.9. The molecule has 0 bridgehead atoms. The molecule has 1 aromatic heterocycles. The minimum absolute atomic E-state index is 0.358. The number of aliphatic hydroxyl groups is 1. The summed E-state index contributed by atoms with van der Waals surface area (Å²) in [6.07, 6.45) is 5.08. The summed E-state index contributed by atoms with van der Waals surface area (Å²) in [6, 6.07) is 3.92. The van der Waals surface area contributed by atoms with E-state index in [1.54, 1.807) is 11.3 Å². The predicted octanol–water partition coefficient (Wildman–Crippen LogP) is 2.39. The second-order valence-corrected chi connectivity index (χ2v) is 7.58. The van der Waals surface area contributed by atoms with Crippen LogP contribution in [-0.4, -0.2) is 55.2 Å². The zero-order valence-electron chi connectivity index (χ0n) is 15.1. The highest BCUT2D eigenvalue weighted by Gasteiger charge is 2.23. The van der Waals surface area contributed by atoms with Crippen molar-refractivity contribution in [1.82, 2.24) is 15.5 Å². The van der Waals surface area contributed by atoms with Gasteiger partial charge in [0.2, 0.25) is 0 Å². The first-order chi connectivity index (χ1) is 11.6. The van der Waals surface area contributed by atoms with Crippen molar-refractivity contribution >= 4 is 17.3 Å². The van der Waals surface area contributed by atoms with Gasteiger partial charge in [-0.1, -0.05) is 6.07 Å². The van der Waals surface area contributed by atoms with Crippen molar-refractivity contribution in [1.29, 1.82) is 0 Å². The van der Waals surface area contributed by atoms with E-state index >= 15 is 0 Å². The fourth-order valence-electron chi connectivity index (χ4n) is 2.91. The summed E-state index contributed by atoms with van der Waals surface area (Å²) >= 11 is 1.57. The minimum Gasteiger partial charge on any atom is -0.383 e. The van der Waals surface area contributed by atoms with Crippen LogP contribution in [-0.2, 0) is 5.60 Å². The lowest BCUT2D eigenvalue weighted by Crippen LogP contribution is -2.39. The van der Waals surface area contributed by atoms with E-state index in [1.807, 2.05) is 24.4 Å². The van der Waals surface area contributed by atoms with Gasteiger partial charge in [0.05, 0.1) is 6.54 Å². The molecular weight excluding hydrogens is 320 g/mol. The molecule has 1 aromatic rings. The molecule has 136 valence electrons. The third kappa shape index (κ3) is 6.42. The molecule has 2 rings (SSSR count). The van der Waals surface area contributed by atoms with Crippen molar-refractivity contribution in [2.75, 3.05) is 39.3 Å². The molecule has 0 radical (unpaired) electrons. The number of rotatable bonds is 9. The molecule has 5 nitrogen and oxygen atoms in total. The van der Waals surface area contributed by atoms with Crippen molar-refractivity contribution in [3.63, 3.8) is 0 Å². The smallest absolute Gasteiger partial charge is 0.191 e. The van der Waals surface area contributed by atoms with Crippen LogP contribution in [0, 0.1) is 0 Å². The predicted molar refractivity (Wildman–Crippen MR) is 103 cm³/mol. The van der Waals surface area contributed by atoms with E-state index in [2.05, 4.69) is 27.4 Å². The van der Waals surface area contributed by atoms with E-state index < -0.39 is 5.60 Å². The Labute approximate surface area is 150 Å². The van der Waals surface area contributed by atoms with E-state index in [9.17, 15) is 5.11 Å². The molecule has 1 aliphatic heterocycles. The first kappa shape index (κ1) is 19.2. The number of guanidine groups is 1. The summed E-state index contributed by atoms with van der Waals surface area (Å²) in [6.45, 7) is 9.73. The van der Waals surface area contributed by atoms with Gasteiger partial charge in [-0.3, -0.25) is 0 Å². The van der Waals surface area contributed by atoms with Crippen molar-refractivity contribution in [2.24, 2.45) is 4.99 Å². The highest BCUT2D eigenvalue weighted by atomic mass is 32.1. The molecule has 1 unspecified atom stereocenters. The monoisotopic (exact) mass is 352 g/mol. The maximum absolute atomic E-state index is 10.6. The molecule has 0 amide bonds. The molecule has 1 saturated heterocycles. The molecule has 0 spiro atoms. The van der Waals surface area contributed by atoms with Crippen LogP contribution in [0.5, 0.6) is 0 Å². The van der Waals surface area contributed by atoms with Crippen molar-refractivity contribution in [3.8, 4) is 0 Å². The van der Waals surface area contributed by atoms with E-state index in [0.717, 1.165) is 30.3 Å². The van der Waals surface area contributed by atoms with Crippen LogP contribution in [0.4, 0.5) is 0 Å². The highest BCUT2D eigenvalue weighted by molar-refractivity contribution is 7.10. The number of thiophene rings is 1. The Hall–Kier alpha value is -1.11. The van der Waals surface area contributed by atoms with Crippen LogP contribution < -0.4 is 10.6 Å². The normalized spacial score (nSPS) is 18.5. The lowest BCUT2D eigenvalue weighted by atomic mass is 10.1. The van der Waals surface area contributed by atoms with Crippen LogP contribution in [0.15, 0.2) is 22.5 Å². The van der Waals surface area contributed by atoms with Gasteiger partial charge in [0.1, 0.15) is 5.60 Å². The Morgan fingerprint density at radius 2 is 2.12 bits per heavy atom. The van der Waals surface area contributed by atoms with E-state index in [0.29, 0.717) is 6.54 Å². The minimum atomic E-state index is -0.910. The van der Waals surface area contributed by atoms with Crippen LogP contribution in [0.25, 0.3) is 0 Å². The van der Waals surface area contributed by atoms with Gasteiger partial charge in [0.15, 0.2) is 5.96 Å². The number of likely N-dealkylation sites (tertiary alicyclic amines) is 1. The number of hydrogen-bond donors (Lipinski definition) is 3. The number of hydrogen-bond acceptors (Lipinski definition) is 4. The number of aliphatic imine (C=N–C) groups is 1. The van der Waals surface area contributed by atoms with Gasteiger partial charge in [-0.05, 0) is 70.6 Å². The molecule has 24 heavy (non-hydrogen) atoms.